The molecule has 0 unspecified atom stereocenters. The summed E-state index contributed by atoms with van der Waals surface area (Å²) >= 11 is 1.79. The lowest BCUT2D eigenvalue weighted by molar-refractivity contribution is 0.194. The summed E-state index contributed by atoms with van der Waals surface area (Å²) in [5.41, 5.74) is -0.466. The normalized spacial score (nSPS) is 12.3. The van der Waals surface area contributed by atoms with Crippen molar-refractivity contribution in [3.63, 3.8) is 0 Å². The van der Waals surface area contributed by atoms with E-state index in [1.807, 2.05) is 53.4 Å². The molecule has 0 N–H and O–H groups in total. The third-order valence-electron chi connectivity index (χ3n) is 4.97. The Hall–Kier alpha value is -1.11. The van der Waals surface area contributed by atoms with Crippen LogP contribution < -0.4 is 4.90 Å². The van der Waals surface area contributed by atoms with E-state index in [2.05, 4.69) is 12.1 Å². The largest absolute Gasteiger partial charge is 0.365 e. The Bertz CT molecular complexity index is 884. The molecule has 0 heterocycles. The minimum absolute atomic E-state index is 0.141. The number of anilines is 1. The van der Waals surface area contributed by atoms with E-state index in [9.17, 15) is 9.13 Å². The predicted octanol–water partition coefficient (Wildman–Crippen LogP) is 7.88. The molecular formula is C25H39NO6P2S. The van der Waals surface area contributed by atoms with Crippen molar-refractivity contribution in [3.05, 3.63) is 60.7 Å². The summed E-state index contributed by atoms with van der Waals surface area (Å²) in [7, 11) is -7.86. The first-order valence-electron chi connectivity index (χ1n) is 12.2. The molecule has 2 aromatic rings. The van der Waals surface area contributed by atoms with Crippen molar-refractivity contribution in [3.8, 4) is 0 Å². The second kappa shape index (κ2) is 15.9. The fourth-order valence-corrected chi connectivity index (χ4v) is 10.1. The van der Waals surface area contributed by atoms with E-state index in [1.165, 1.54) is 4.90 Å². The maximum atomic E-state index is 14.2. The third kappa shape index (κ3) is 9.05. The van der Waals surface area contributed by atoms with Gasteiger partial charge in [-0.15, -0.1) is 11.8 Å². The van der Waals surface area contributed by atoms with E-state index < -0.39 is 20.7 Å². The standard InChI is InChI=1S/C25H39NO6P2S/c1-5-29-33(27,30-6-2)25(34(28,31-7-3)32-8-4)26(23-17-11-9-12-18-23)21-15-16-22-35-24-19-13-10-14-20-24/h9-14,17-20,25H,5-8,15-16,21-22H2,1-4H3. The van der Waals surface area contributed by atoms with Crippen molar-refractivity contribution in [2.75, 3.05) is 43.6 Å². The molecule has 0 aliphatic rings. The van der Waals surface area contributed by atoms with Gasteiger partial charge in [-0.25, -0.2) is 0 Å². The maximum Gasteiger partial charge on any atom is 0.365 e. The van der Waals surface area contributed by atoms with Gasteiger partial charge in [-0.1, -0.05) is 36.4 Å². The fourth-order valence-electron chi connectivity index (χ4n) is 3.66. The number of nitrogens with zero attached hydrogens (tertiary/aromatic N) is 1. The van der Waals surface area contributed by atoms with Crippen molar-refractivity contribution in [1.29, 1.82) is 0 Å². The molecule has 0 saturated heterocycles. The van der Waals surface area contributed by atoms with Crippen LogP contribution in [0.2, 0.25) is 0 Å². The molecule has 0 radical (unpaired) electrons. The van der Waals surface area contributed by atoms with E-state index in [0.29, 0.717) is 6.54 Å². The highest BCUT2D eigenvalue weighted by Crippen LogP contribution is 2.71. The second-order valence-corrected chi connectivity index (χ2v) is 13.2. The van der Waals surface area contributed by atoms with Gasteiger partial charge in [0.1, 0.15) is 0 Å². The van der Waals surface area contributed by atoms with Crippen LogP contribution in [-0.4, -0.2) is 44.2 Å². The quantitative estimate of drug-likeness (QED) is 0.107. The van der Waals surface area contributed by atoms with Gasteiger partial charge in [0.15, 0.2) is 0 Å². The van der Waals surface area contributed by atoms with Crippen LogP contribution in [0.15, 0.2) is 65.6 Å². The first-order chi connectivity index (χ1) is 16.9. The highest BCUT2D eigenvalue weighted by Gasteiger charge is 2.54. The summed E-state index contributed by atoms with van der Waals surface area (Å²) in [6.07, 6.45) is 1.69. The van der Waals surface area contributed by atoms with Crippen LogP contribution in [-0.2, 0) is 27.2 Å². The first kappa shape index (κ1) is 30.1. The zero-order valence-corrected chi connectivity index (χ0v) is 23.8. The number of thioether (sulfide) groups is 1. The molecule has 2 aromatic carbocycles. The van der Waals surface area contributed by atoms with Crippen LogP contribution >= 0.6 is 27.0 Å². The lowest BCUT2D eigenvalue weighted by Gasteiger charge is -2.39. The molecule has 0 amide bonds. The van der Waals surface area contributed by atoms with E-state index in [1.54, 1.807) is 39.5 Å². The lowest BCUT2D eigenvalue weighted by atomic mass is 10.2. The summed E-state index contributed by atoms with van der Waals surface area (Å²) < 4.78 is 51.2. The van der Waals surface area contributed by atoms with Crippen LogP contribution in [0.1, 0.15) is 40.5 Å². The van der Waals surface area contributed by atoms with Gasteiger partial charge in [0.05, 0.1) is 26.4 Å². The third-order valence-corrected chi connectivity index (χ3v) is 11.9. The average Bonchev–Trinajstić information content (AvgIpc) is 2.84. The maximum absolute atomic E-state index is 14.2. The first-order valence-corrected chi connectivity index (χ1v) is 16.4. The number of benzene rings is 2. The van der Waals surface area contributed by atoms with Crippen molar-refractivity contribution >= 4 is 32.6 Å². The van der Waals surface area contributed by atoms with Crippen LogP contribution in [0, 0.1) is 0 Å². The summed E-state index contributed by atoms with van der Waals surface area (Å²) in [5.74, 6) is 0.931. The van der Waals surface area contributed by atoms with Crippen molar-refractivity contribution in [1.82, 2.24) is 0 Å². The van der Waals surface area contributed by atoms with Gasteiger partial charge in [-0.3, -0.25) is 9.13 Å². The van der Waals surface area contributed by atoms with Gasteiger partial charge >= 0.3 is 15.2 Å². The highest BCUT2D eigenvalue weighted by atomic mass is 32.2. The molecule has 0 fully saturated rings. The molecule has 35 heavy (non-hydrogen) atoms. The molecule has 0 aliphatic carbocycles. The van der Waals surface area contributed by atoms with Crippen LogP contribution in [0.3, 0.4) is 0 Å². The van der Waals surface area contributed by atoms with Gasteiger partial charge < -0.3 is 23.0 Å². The molecule has 0 atom stereocenters. The second-order valence-electron chi connectivity index (χ2n) is 7.49. The van der Waals surface area contributed by atoms with Gasteiger partial charge in [0, 0.05) is 17.1 Å². The molecule has 7 nitrogen and oxygen atoms in total. The Morgan fingerprint density at radius 2 is 1.17 bits per heavy atom. The summed E-state index contributed by atoms with van der Waals surface area (Å²) in [6.45, 7) is 8.00. The van der Waals surface area contributed by atoms with Crippen molar-refractivity contribution in [2.45, 2.75) is 51.0 Å². The Labute approximate surface area is 214 Å². The molecule has 0 aliphatic heterocycles. The average molecular weight is 544 g/mol. The van der Waals surface area contributed by atoms with E-state index >= 15 is 0 Å². The monoisotopic (exact) mass is 543 g/mol. The SMILES string of the molecule is CCOP(=O)(OCC)C(N(CCCCSc1ccccc1)c1ccccc1)P(=O)(OCC)OCC. The molecular weight excluding hydrogens is 504 g/mol. The Morgan fingerprint density at radius 3 is 1.63 bits per heavy atom. The van der Waals surface area contributed by atoms with Crippen molar-refractivity contribution < 1.29 is 27.2 Å². The molecule has 0 bridgehead atoms. The molecule has 0 spiro atoms. The van der Waals surface area contributed by atoms with Crippen LogP contribution in [0.25, 0.3) is 0 Å². The number of para-hydroxylation sites is 1. The number of hydrogen-bond donors (Lipinski definition) is 0. The Balaban J connectivity index is 2.38. The fraction of sp³-hybridized carbons (Fsp3) is 0.520. The van der Waals surface area contributed by atoms with E-state index in [4.69, 9.17) is 18.1 Å². The van der Waals surface area contributed by atoms with Crippen LogP contribution in [0.5, 0.6) is 0 Å². The molecule has 0 aromatic heterocycles. The molecule has 0 saturated carbocycles. The van der Waals surface area contributed by atoms with Gasteiger partial charge in [-0.2, -0.15) is 0 Å². The summed E-state index contributed by atoms with van der Waals surface area (Å²) in [6, 6.07) is 19.7. The van der Waals surface area contributed by atoms with Gasteiger partial charge in [-0.05, 0) is 70.6 Å². The minimum atomic E-state index is -3.93. The molecule has 196 valence electrons. The molecule has 10 heteroatoms. The summed E-state index contributed by atoms with van der Waals surface area (Å²) in [5, 5.41) is 0. The zero-order chi connectivity index (χ0) is 25.6. The summed E-state index contributed by atoms with van der Waals surface area (Å²) in [4.78, 5) is 3.06. The van der Waals surface area contributed by atoms with Crippen LogP contribution in [0.4, 0.5) is 5.69 Å². The smallest absolute Gasteiger partial charge is 0.348 e. The zero-order valence-electron chi connectivity index (χ0n) is 21.2. The predicted molar refractivity (Wildman–Crippen MR) is 146 cm³/mol. The van der Waals surface area contributed by atoms with Gasteiger partial charge in [0.2, 0.25) is 5.52 Å². The molecule has 2 rings (SSSR count). The Morgan fingerprint density at radius 1 is 0.714 bits per heavy atom. The van der Waals surface area contributed by atoms with Crippen molar-refractivity contribution in [2.24, 2.45) is 0 Å². The number of unbranched alkanes of at least 4 members (excludes halogenated alkanes) is 1. The number of hydrogen-bond acceptors (Lipinski definition) is 8. The lowest BCUT2D eigenvalue weighted by Crippen LogP contribution is -2.38. The Kier molecular flexibility index (Phi) is 13.7. The van der Waals surface area contributed by atoms with E-state index in [0.717, 1.165) is 24.3 Å². The van der Waals surface area contributed by atoms with E-state index in [-0.39, 0.29) is 26.4 Å². The topological polar surface area (TPSA) is 74.3 Å². The number of rotatable bonds is 18. The minimum Gasteiger partial charge on any atom is -0.348 e. The highest BCUT2D eigenvalue weighted by molar-refractivity contribution is 7.99. The van der Waals surface area contributed by atoms with Gasteiger partial charge in [0.25, 0.3) is 0 Å².